The number of hydrogen-bond donors (Lipinski definition) is 2. The summed E-state index contributed by atoms with van der Waals surface area (Å²) in [6, 6.07) is 13.2. The summed E-state index contributed by atoms with van der Waals surface area (Å²) >= 11 is 1.12. The SMILES string of the molecule is Cc1nnsc1C(=O)N1CCN(c2ccc(C(=O)N3CCNCC3)cc2NC(=O)c2ccc(C(C)(C)C)cc2)CC1. The van der Waals surface area contributed by atoms with Crippen LogP contribution < -0.4 is 15.5 Å². The third-order valence-electron chi connectivity index (χ3n) is 7.66. The van der Waals surface area contributed by atoms with Crippen LogP contribution in [0.3, 0.4) is 0 Å². The Bertz CT molecular complexity index is 1420. The predicted molar refractivity (Wildman–Crippen MR) is 161 cm³/mol. The summed E-state index contributed by atoms with van der Waals surface area (Å²) in [5, 5.41) is 10.3. The van der Waals surface area contributed by atoms with E-state index >= 15 is 0 Å². The van der Waals surface area contributed by atoms with Crippen molar-refractivity contribution >= 4 is 40.6 Å². The van der Waals surface area contributed by atoms with E-state index in [9.17, 15) is 14.4 Å². The van der Waals surface area contributed by atoms with Gasteiger partial charge in [0.05, 0.1) is 17.1 Å². The monoisotopic (exact) mass is 575 g/mol. The third-order valence-corrected chi connectivity index (χ3v) is 8.48. The molecule has 0 spiro atoms. The number of hydrogen-bond acceptors (Lipinski definition) is 8. The van der Waals surface area contributed by atoms with Gasteiger partial charge in [0.15, 0.2) is 0 Å². The maximum absolute atomic E-state index is 13.4. The number of nitrogens with one attached hydrogen (secondary N) is 2. The highest BCUT2D eigenvalue weighted by Gasteiger charge is 2.27. The molecule has 0 saturated carbocycles. The lowest BCUT2D eigenvalue weighted by Gasteiger charge is -2.37. The molecule has 1 aromatic heterocycles. The van der Waals surface area contributed by atoms with E-state index < -0.39 is 0 Å². The first-order chi connectivity index (χ1) is 19.6. The zero-order valence-corrected chi connectivity index (χ0v) is 24.9. The molecule has 2 fully saturated rings. The zero-order chi connectivity index (χ0) is 29.1. The molecule has 2 N–H and O–H groups in total. The fourth-order valence-electron chi connectivity index (χ4n) is 5.13. The molecule has 3 heterocycles. The van der Waals surface area contributed by atoms with Gasteiger partial charge in [0, 0.05) is 63.5 Å². The average Bonchev–Trinajstić information content (AvgIpc) is 3.42. The van der Waals surface area contributed by atoms with E-state index in [4.69, 9.17) is 0 Å². The predicted octanol–water partition coefficient (Wildman–Crippen LogP) is 3.40. The van der Waals surface area contributed by atoms with E-state index in [1.54, 1.807) is 13.0 Å². The van der Waals surface area contributed by atoms with Crippen molar-refractivity contribution in [2.45, 2.75) is 33.1 Å². The van der Waals surface area contributed by atoms with E-state index in [2.05, 4.69) is 45.9 Å². The van der Waals surface area contributed by atoms with Crippen LogP contribution in [0.5, 0.6) is 0 Å². The second-order valence-electron chi connectivity index (χ2n) is 11.5. The van der Waals surface area contributed by atoms with Crippen LogP contribution in [0.25, 0.3) is 0 Å². The van der Waals surface area contributed by atoms with Crippen molar-refractivity contribution in [2.24, 2.45) is 0 Å². The second-order valence-corrected chi connectivity index (χ2v) is 12.3. The first-order valence-electron chi connectivity index (χ1n) is 14.0. The Hall–Kier alpha value is -3.83. The van der Waals surface area contributed by atoms with Crippen molar-refractivity contribution in [2.75, 3.05) is 62.6 Å². The Kier molecular flexibility index (Phi) is 8.37. The molecule has 2 saturated heterocycles. The lowest BCUT2D eigenvalue weighted by molar-refractivity contribution is 0.0732. The topological polar surface area (TPSA) is 111 Å². The first kappa shape index (κ1) is 28.7. The lowest BCUT2D eigenvalue weighted by atomic mass is 9.86. The van der Waals surface area contributed by atoms with Gasteiger partial charge >= 0.3 is 0 Å². The zero-order valence-electron chi connectivity index (χ0n) is 24.1. The van der Waals surface area contributed by atoms with Crippen molar-refractivity contribution in [3.63, 3.8) is 0 Å². The van der Waals surface area contributed by atoms with Crippen LogP contribution in [-0.2, 0) is 5.41 Å². The van der Waals surface area contributed by atoms with Gasteiger partial charge in [0.1, 0.15) is 4.88 Å². The Morgan fingerprint density at radius 1 is 0.854 bits per heavy atom. The van der Waals surface area contributed by atoms with Crippen molar-refractivity contribution in [1.82, 2.24) is 24.7 Å². The number of anilines is 2. The van der Waals surface area contributed by atoms with Crippen molar-refractivity contribution in [3.8, 4) is 0 Å². The van der Waals surface area contributed by atoms with E-state index in [1.165, 1.54) is 0 Å². The molecule has 0 aliphatic carbocycles. The Morgan fingerprint density at radius 3 is 2.10 bits per heavy atom. The van der Waals surface area contributed by atoms with Gasteiger partial charge in [-0.05, 0) is 59.8 Å². The molecule has 2 aliphatic rings. The maximum atomic E-state index is 13.4. The van der Waals surface area contributed by atoms with Crippen molar-refractivity contribution in [1.29, 1.82) is 0 Å². The van der Waals surface area contributed by atoms with Gasteiger partial charge in [-0.3, -0.25) is 14.4 Å². The number of nitrogens with zero attached hydrogens (tertiary/aromatic N) is 5. The van der Waals surface area contributed by atoms with Crippen LogP contribution in [0.15, 0.2) is 42.5 Å². The molecule has 5 rings (SSSR count). The number of amides is 3. The number of benzene rings is 2. The minimum absolute atomic E-state index is 0.0143. The van der Waals surface area contributed by atoms with Gasteiger partial charge < -0.3 is 25.3 Å². The van der Waals surface area contributed by atoms with Crippen LogP contribution >= 0.6 is 11.5 Å². The summed E-state index contributed by atoms with van der Waals surface area (Å²) in [6.45, 7) is 13.3. The molecule has 10 nitrogen and oxygen atoms in total. The van der Waals surface area contributed by atoms with E-state index in [1.807, 2.05) is 46.2 Å². The second kappa shape index (κ2) is 12.0. The van der Waals surface area contributed by atoms with E-state index in [0.29, 0.717) is 66.7 Å². The molecule has 11 heteroatoms. The third kappa shape index (κ3) is 6.41. The summed E-state index contributed by atoms with van der Waals surface area (Å²) in [5.74, 6) is -0.339. The van der Waals surface area contributed by atoms with E-state index in [0.717, 1.165) is 35.9 Å². The summed E-state index contributed by atoms with van der Waals surface area (Å²) in [7, 11) is 0. The molecule has 0 radical (unpaired) electrons. The highest BCUT2D eigenvalue weighted by molar-refractivity contribution is 7.07. The molecule has 0 bridgehead atoms. The standard InChI is InChI=1S/C30H37N7O3S/c1-20-26(41-34-33-20)29(40)37-17-15-35(16-18-37)25-10-7-22(28(39)36-13-11-31-12-14-36)19-24(25)32-27(38)21-5-8-23(9-6-21)30(2,3)4/h5-10,19,31H,11-18H2,1-4H3,(H,32,38). The van der Waals surface area contributed by atoms with Gasteiger partial charge in [0.2, 0.25) is 0 Å². The summed E-state index contributed by atoms with van der Waals surface area (Å²) in [6.07, 6.45) is 0. The minimum atomic E-state index is -0.236. The Morgan fingerprint density at radius 2 is 1.49 bits per heavy atom. The van der Waals surface area contributed by atoms with E-state index in [-0.39, 0.29) is 23.1 Å². The first-order valence-corrected chi connectivity index (χ1v) is 14.8. The highest BCUT2D eigenvalue weighted by atomic mass is 32.1. The summed E-state index contributed by atoms with van der Waals surface area (Å²) in [5.41, 5.74) is 4.27. The molecular weight excluding hydrogens is 538 g/mol. The number of carbonyl (C=O) groups excluding carboxylic acids is 3. The van der Waals surface area contributed by atoms with Crippen LogP contribution in [0.2, 0.25) is 0 Å². The summed E-state index contributed by atoms with van der Waals surface area (Å²) in [4.78, 5) is 46.1. The molecule has 216 valence electrons. The largest absolute Gasteiger partial charge is 0.366 e. The van der Waals surface area contributed by atoms with Crippen LogP contribution in [0.4, 0.5) is 11.4 Å². The Balaban J connectivity index is 1.37. The molecule has 3 amide bonds. The quantitative estimate of drug-likeness (QED) is 0.480. The Labute approximate surface area is 244 Å². The van der Waals surface area contributed by atoms with Crippen LogP contribution in [-0.4, -0.2) is 89.5 Å². The average molecular weight is 576 g/mol. The normalized spacial score (nSPS) is 16.0. The number of piperazine rings is 2. The molecule has 41 heavy (non-hydrogen) atoms. The van der Waals surface area contributed by atoms with Crippen LogP contribution in [0, 0.1) is 6.92 Å². The molecule has 0 atom stereocenters. The number of rotatable bonds is 5. The van der Waals surface area contributed by atoms with Crippen LogP contribution in [0.1, 0.15) is 62.4 Å². The van der Waals surface area contributed by atoms with Crippen molar-refractivity contribution in [3.05, 3.63) is 69.7 Å². The van der Waals surface area contributed by atoms with Crippen molar-refractivity contribution < 1.29 is 14.4 Å². The molecule has 2 aromatic carbocycles. The highest BCUT2D eigenvalue weighted by Crippen LogP contribution is 2.30. The minimum Gasteiger partial charge on any atom is -0.366 e. The molecule has 3 aromatic rings. The fourth-order valence-corrected chi connectivity index (χ4v) is 5.76. The smallest absolute Gasteiger partial charge is 0.267 e. The van der Waals surface area contributed by atoms with Gasteiger partial charge in [0.25, 0.3) is 17.7 Å². The maximum Gasteiger partial charge on any atom is 0.267 e. The molecule has 2 aliphatic heterocycles. The fraction of sp³-hybridized carbons (Fsp3) is 0.433. The number of aromatic nitrogens is 2. The number of aryl methyl sites for hydroxylation is 1. The van der Waals surface area contributed by atoms with Gasteiger partial charge in [-0.2, -0.15) is 0 Å². The number of carbonyl (C=O) groups is 3. The van der Waals surface area contributed by atoms with Gasteiger partial charge in [-0.1, -0.05) is 37.4 Å². The lowest BCUT2D eigenvalue weighted by Crippen LogP contribution is -2.49. The molecule has 0 unspecified atom stereocenters. The molecular formula is C30H37N7O3S. The van der Waals surface area contributed by atoms with Gasteiger partial charge in [-0.25, -0.2) is 0 Å². The summed E-state index contributed by atoms with van der Waals surface area (Å²) < 4.78 is 3.90. The van der Waals surface area contributed by atoms with Gasteiger partial charge in [-0.15, -0.1) is 5.10 Å².